The van der Waals surface area contributed by atoms with Gasteiger partial charge in [-0.2, -0.15) is 0 Å². The van der Waals surface area contributed by atoms with Crippen molar-refractivity contribution >= 4 is 5.91 Å². The van der Waals surface area contributed by atoms with Crippen LogP contribution in [-0.4, -0.2) is 33.8 Å². The van der Waals surface area contributed by atoms with Crippen molar-refractivity contribution < 1.29 is 23.7 Å². The van der Waals surface area contributed by atoms with Gasteiger partial charge in [-0.25, -0.2) is 0 Å². The first-order chi connectivity index (χ1) is 12.5. The second kappa shape index (κ2) is 8.99. The molecule has 0 aliphatic carbocycles. The first kappa shape index (κ1) is 19.4. The molecule has 0 saturated heterocycles. The van der Waals surface area contributed by atoms with Gasteiger partial charge in [0, 0.05) is 5.56 Å². The fourth-order valence-electron chi connectivity index (χ4n) is 2.68. The summed E-state index contributed by atoms with van der Waals surface area (Å²) < 4.78 is 21.7. The SMILES string of the molecule is COc1ccccc1C(C)NC(=O)COc1c(OC)cc(C)cc1OC. The van der Waals surface area contributed by atoms with Gasteiger partial charge in [-0.15, -0.1) is 0 Å². The number of nitrogens with one attached hydrogen (secondary N) is 1. The zero-order valence-corrected chi connectivity index (χ0v) is 15.8. The zero-order chi connectivity index (χ0) is 19.1. The molecule has 0 radical (unpaired) electrons. The summed E-state index contributed by atoms with van der Waals surface area (Å²) in [4.78, 5) is 12.3. The Labute approximate surface area is 154 Å². The number of ether oxygens (including phenoxy) is 4. The summed E-state index contributed by atoms with van der Waals surface area (Å²) in [6.07, 6.45) is 0. The van der Waals surface area contributed by atoms with Gasteiger partial charge in [-0.3, -0.25) is 4.79 Å². The maximum atomic E-state index is 12.3. The molecule has 1 N–H and O–H groups in total. The van der Waals surface area contributed by atoms with Crippen LogP contribution < -0.4 is 24.3 Å². The molecule has 0 fully saturated rings. The van der Waals surface area contributed by atoms with Gasteiger partial charge in [-0.05, 0) is 37.6 Å². The van der Waals surface area contributed by atoms with Crippen LogP contribution in [0.4, 0.5) is 0 Å². The second-order valence-electron chi connectivity index (χ2n) is 5.82. The van der Waals surface area contributed by atoms with E-state index in [0.29, 0.717) is 17.2 Å². The van der Waals surface area contributed by atoms with Crippen LogP contribution in [0.1, 0.15) is 24.1 Å². The smallest absolute Gasteiger partial charge is 0.258 e. The fraction of sp³-hybridized carbons (Fsp3) is 0.350. The number of aryl methyl sites for hydroxylation is 1. The Balaban J connectivity index is 2.05. The molecule has 0 saturated carbocycles. The molecule has 0 spiro atoms. The van der Waals surface area contributed by atoms with Gasteiger partial charge in [0.2, 0.25) is 5.75 Å². The van der Waals surface area contributed by atoms with E-state index in [0.717, 1.165) is 16.9 Å². The second-order valence-corrected chi connectivity index (χ2v) is 5.82. The third kappa shape index (κ3) is 4.59. The Kier molecular flexibility index (Phi) is 6.72. The highest BCUT2D eigenvalue weighted by Crippen LogP contribution is 2.38. The molecule has 140 valence electrons. The summed E-state index contributed by atoms with van der Waals surface area (Å²) in [6.45, 7) is 3.66. The molecule has 0 heterocycles. The standard InChI is InChI=1S/C20H25NO5/c1-13-10-17(24-4)20(18(11-13)25-5)26-12-19(22)21-14(2)15-8-6-7-9-16(15)23-3/h6-11,14H,12H2,1-5H3,(H,21,22). The van der Waals surface area contributed by atoms with Gasteiger partial charge < -0.3 is 24.3 Å². The number of amides is 1. The van der Waals surface area contributed by atoms with Crippen LogP contribution >= 0.6 is 0 Å². The van der Waals surface area contributed by atoms with Gasteiger partial charge in [0.25, 0.3) is 5.91 Å². The normalized spacial score (nSPS) is 11.4. The summed E-state index contributed by atoms with van der Waals surface area (Å²) >= 11 is 0. The molecule has 2 aromatic rings. The lowest BCUT2D eigenvalue weighted by Crippen LogP contribution is -2.31. The average Bonchev–Trinajstić information content (AvgIpc) is 2.65. The van der Waals surface area contributed by atoms with Crippen LogP contribution in [0.3, 0.4) is 0 Å². The van der Waals surface area contributed by atoms with E-state index in [1.54, 1.807) is 21.3 Å². The molecule has 0 aliphatic rings. The average molecular weight is 359 g/mol. The van der Waals surface area contributed by atoms with Crippen molar-refractivity contribution in [2.45, 2.75) is 19.9 Å². The van der Waals surface area contributed by atoms with Crippen LogP contribution in [0.2, 0.25) is 0 Å². The minimum absolute atomic E-state index is 0.157. The van der Waals surface area contributed by atoms with Crippen molar-refractivity contribution in [3.05, 3.63) is 47.5 Å². The van der Waals surface area contributed by atoms with Crippen molar-refractivity contribution in [3.8, 4) is 23.0 Å². The van der Waals surface area contributed by atoms with E-state index >= 15 is 0 Å². The molecule has 2 rings (SSSR count). The molecule has 0 bridgehead atoms. The quantitative estimate of drug-likeness (QED) is 0.783. The lowest BCUT2D eigenvalue weighted by atomic mass is 10.1. The third-order valence-corrected chi connectivity index (χ3v) is 3.94. The first-order valence-corrected chi connectivity index (χ1v) is 8.27. The molecule has 1 amide bonds. The third-order valence-electron chi connectivity index (χ3n) is 3.94. The van der Waals surface area contributed by atoms with E-state index in [9.17, 15) is 4.79 Å². The van der Waals surface area contributed by atoms with E-state index in [1.807, 2.05) is 50.2 Å². The number of rotatable bonds is 8. The Hall–Kier alpha value is -2.89. The van der Waals surface area contributed by atoms with Crippen molar-refractivity contribution in [1.82, 2.24) is 5.32 Å². The topological polar surface area (TPSA) is 66.0 Å². The minimum atomic E-state index is -0.256. The van der Waals surface area contributed by atoms with Gasteiger partial charge in [0.15, 0.2) is 18.1 Å². The van der Waals surface area contributed by atoms with Crippen LogP contribution in [-0.2, 0) is 4.79 Å². The van der Waals surface area contributed by atoms with Crippen LogP contribution in [0.25, 0.3) is 0 Å². The molecule has 6 heteroatoms. The fourth-order valence-corrected chi connectivity index (χ4v) is 2.68. The molecule has 6 nitrogen and oxygen atoms in total. The van der Waals surface area contributed by atoms with E-state index in [-0.39, 0.29) is 18.6 Å². The lowest BCUT2D eigenvalue weighted by molar-refractivity contribution is -0.123. The predicted molar refractivity (Wildman–Crippen MR) is 99.3 cm³/mol. The molecular weight excluding hydrogens is 334 g/mol. The number of hydrogen-bond acceptors (Lipinski definition) is 5. The van der Waals surface area contributed by atoms with Crippen LogP contribution in [0.15, 0.2) is 36.4 Å². The lowest BCUT2D eigenvalue weighted by Gasteiger charge is -2.18. The minimum Gasteiger partial charge on any atom is -0.496 e. The molecular formula is C20H25NO5. The van der Waals surface area contributed by atoms with Crippen molar-refractivity contribution in [1.29, 1.82) is 0 Å². The molecule has 26 heavy (non-hydrogen) atoms. The van der Waals surface area contributed by atoms with Crippen molar-refractivity contribution in [2.24, 2.45) is 0 Å². The Bertz CT molecular complexity index is 735. The van der Waals surface area contributed by atoms with E-state index in [4.69, 9.17) is 18.9 Å². The highest BCUT2D eigenvalue weighted by atomic mass is 16.5. The summed E-state index contributed by atoms with van der Waals surface area (Å²) in [7, 11) is 4.70. The van der Waals surface area contributed by atoms with Gasteiger partial charge >= 0.3 is 0 Å². The number of benzene rings is 2. The number of methoxy groups -OCH3 is 3. The first-order valence-electron chi connectivity index (χ1n) is 8.27. The van der Waals surface area contributed by atoms with E-state index < -0.39 is 0 Å². The highest BCUT2D eigenvalue weighted by molar-refractivity contribution is 5.78. The maximum Gasteiger partial charge on any atom is 0.258 e. The zero-order valence-electron chi connectivity index (χ0n) is 15.8. The number of para-hydroxylation sites is 1. The maximum absolute atomic E-state index is 12.3. The highest BCUT2D eigenvalue weighted by Gasteiger charge is 2.17. The molecule has 1 unspecified atom stereocenters. The molecule has 1 atom stereocenters. The molecule has 2 aromatic carbocycles. The van der Waals surface area contributed by atoms with Gasteiger partial charge in [0.05, 0.1) is 27.4 Å². The molecule has 0 aromatic heterocycles. The van der Waals surface area contributed by atoms with Crippen LogP contribution in [0.5, 0.6) is 23.0 Å². The largest absolute Gasteiger partial charge is 0.496 e. The summed E-state index contributed by atoms with van der Waals surface area (Å²) in [5, 5.41) is 2.90. The van der Waals surface area contributed by atoms with E-state index in [2.05, 4.69) is 5.32 Å². The van der Waals surface area contributed by atoms with Crippen LogP contribution in [0, 0.1) is 6.92 Å². The number of carbonyl (C=O) groups excluding carboxylic acids is 1. The number of hydrogen-bond donors (Lipinski definition) is 1. The number of carbonyl (C=O) groups is 1. The summed E-state index contributed by atoms with van der Waals surface area (Å²) in [5.41, 5.74) is 1.87. The molecule has 0 aliphatic heterocycles. The Morgan fingerprint density at radius 1 is 1.00 bits per heavy atom. The Morgan fingerprint density at radius 2 is 1.58 bits per heavy atom. The monoisotopic (exact) mass is 359 g/mol. The Morgan fingerprint density at radius 3 is 2.15 bits per heavy atom. The van der Waals surface area contributed by atoms with Crippen molar-refractivity contribution in [2.75, 3.05) is 27.9 Å². The van der Waals surface area contributed by atoms with E-state index in [1.165, 1.54) is 0 Å². The summed E-state index contributed by atoms with van der Waals surface area (Å²) in [6, 6.07) is 11.0. The van der Waals surface area contributed by atoms with Gasteiger partial charge in [0.1, 0.15) is 5.75 Å². The van der Waals surface area contributed by atoms with Gasteiger partial charge in [-0.1, -0.05) is 18.2 Å². The predicted octanol–water partition coefficient (Wildman–Crippen LogP) is 3.28. The summed E-state index contributed by atoms with van der Waals surface area (Å²) in [5.74, 6) is 1.91. The van der Waals surface area contributed by atoms with Crippen molar-refractivity contribution in [3.63, 3.8) is 0 Å².